The maximum absolute atomic E-state index is 13.0. The van der Waals surface area contributed by atoms with Crippen molar-refractivity contribution < 1.29 is 14.0 Å². The molecule has 1 aliphatic rings. The van der Waals surface area contributed by atoms with Gasteiger partial charge in [0, 0.05) is 20.6 Å². The van der Waals surface area contributed by atoms with Crippen molar-refractivity contribution in [1.29, 1.82) is 0 Å². The molecule has 0 saturated carbocycles. The van der Waals surface area contributed by atoms with Crippen LogP contribution in [0.15, 0.2) is 30.5 Å². The summed E-state index contributed by atoms with van der Waals surface area (Å²) in [6.45, 7) is 0.682. The number of aromatic nitrogens is 1. The molecule has 2 aromatic rings. The van der Waals surface area contributed by atoms with E-state index in [1.54, 1.807) is 32.4 Å². The molecule has 0 spiro atoms. The monoisotopic (exact) mass is 361 g/mol. The van der Waals surface area contributed by atoms with Crippen LogP contribution < -0.4 is 0 Å². The lowest BCUT2D eigenvalue weighted by Crippen LogP contribution is -2.31. The molecule has 0 radical (unpaired) electrons. The number of carbonyl (C=O) groups is 2. The number of thiazole rings is 1. The fourth-order valence-corrected chi connectivity index (χ4v) is 4.05. The van der Waals surface area contributed by atoms with Gasteiger partial charge in [-0.15, -0.1) is 11.3 Å². The van der Waals surface area contributed by atoms with Crippen LogP contribution in [0.2, 0.25) is 0 Å². The minimum atomic E-state index is -0.309. The summed E-state index contributed by atoms with van der Waals surface area (Å²) < 4.78 is 13.0. The number of nitrogens with zero attached hydrogens (tertiary/aromatic N) is 3. The van der Waals surface area contributed by atoms with Crippen molar-refractivity contribution in [3.8, 4) is 0 Å². The van der Waals surface area contributed by atoms with Crippen LogP contribution in [0.3, 0.4) is 0 Å². The zero-order valence-electron chi connectivity index (χ0n) is 14.2. The minimum absolute atomic E-state index is 0.00444. The number of likely N-dealkylation sites (tertiary alicyclic amines) is 1. The normalized spacial score (nSPS) is 16.9. The number of carbonyl (C=O) groups excluding carboxylic acids is 2. The molecule has 1 atom stereocenters. The number of halogens is 1. The second kappa shape index (κ2) is 7.31. The van der Waals surface area contributed by atoms with Gasteiger partial charge in [0.1, 0.15) is 15.7 Å². The second-order valence-corrected chi connectivity index (χ2v) is 7.37. The molecule has 5 nitrogen and oxygen atoms in total. The van der Waals surface area contributed by atoms with Gasteiger partial charge >= 0.3 is 0 Å². The largest absolute Gasteiger partial charge is 0.344 e. The van der Waals surface area contributed by atoms with E-state index in [2.05, 4.69) is 4.98 Å². The molecule has 132 valence electrons. The Morgan fingerprint density at radius 3 is 2.72 bits per heavy atom. The quantitative estimate of drug-likeness (QED) is 0.841. The fourth-order valence-electron chi connectivity index (χ4n) is 2.96. The van der Waals surface area contributed by atoms with E-state index in [1.807, 2.05) is 4.90 Å². The van der Waals surface area contributed by atoms with Crippen molar-refractivity contribution in [1.82, 2.24) is 14.8 Å². The second-order valence-electron chi connectivity index (χ2n) is 6.31. The highest BCUT2D eigenvalue weighted by molar-refractivity contribution is 7.13. The number of hydrogen-bond acceptors (Lipinski definition) is 4. The summed E-state index contributed by atoms with van der Waals surface area (Å²) >= 11 is 1.35. The topological polar surface area (TPSA) is 53.5 Å². The summed E-state index contributed by atoms with van der Waals surface area (Å²) in [6, 6.07) is 5.92. The highest BCUT2D eigenvalue weighted by Crippen LogP contribution is 2.34. The van der Waals surface area contributed by atoms with Crippen molar-refractivity contribution in [2.75, 3.05) is 20.6 Å². The van der Waals surface area contributed by atoms with Gasteiger partial charge in [0.15, 0.2) is 0 Å². The van der Waals surface area contributed by atoms with Crippen LogP contribution in [-0.4, -0.2) is 47.2 Å². The molecule has 2 heterocycles. The Morgan fingerprint density at radius 2 is 2.04 bits per heavy atom. The van der Waals surface area contributed by atoms with Crippen molar-refractivity contribution in [3.05, 3.63) is 51.7 Å². The predicted octanol–water partition coefficient (Wildman–Crippen LogP) is 2.89. The minimum Gasteiger partial charge on any atom is -0.344 e. The van der Waals surface area contributed by atoms with E-state index in [-0.39, 0.29) is 30.1 Å². The van der Waals surface area contributed by atoms with Gasteiger partial charge in [-0.05, 0) is 30.5 Å². The van der Waals surface area contributed by atoms with Gasteiger partial charge in [0.2, 0.25) is 5.91 Å². The van der Waals surface area contributed by atoms with E-state index in [0.29, 0.717) is 11.4 Å². The third-order valence-corrected chi connectivity index (χ3v) is 5.35. The average molecular weight is 361 g/mol. The molecule has 1 saturated heterocycles. The van der Waals surface area contributed by atoms with Gasteiger partial charge in [0.05, 0.1) is 18.7 Å². The standard InChI is InChI=1S/C18H20FN3O2S/c1-21(2)18(24)15-11-20-17(25-15)14-4-3-9-22(14)16(23)10-12-5-7-13(19)8-6-12/h5-8,11,14H,3-4,9-10H2,1-2H3/t14-/m0/s1. The Morgan fingerprint density at radius 1 is 1.32 bits per heavy atom. The Labute approximate surface area is 150 Å². The maximum Gasteiger partial charge on any atom is 0.265 e. The van der Waals surface area contributed by atoms with Crippen LogP contribution in [-0.2, 0) is 11.2 Å². The lowest BCUT2D eigenvalue weighted by Gasteiger charge is -2.23. The number of hydrogen-bond donors (Lipinski definition) is 0. The van der Waals surface area contributed by atoms with Gasteiger partial charge in [-0.1, -0.05) is 12.1 Å². The molecule has 0 bridgehead atoms. The van der Waals surface area contributed by atoms with E-state index in [9.17, 15) is 14.0 Å². The van der Waals surface area contributed by atoms with Crippen LogP contribution in [0.1, 0.15) is 39.1 Å². The number of rotatable bonds is 4. The maximum atomic E-state index is 13.0. The molecule has 0 N–H and O–H groups in total. The first-order chi connectivity index (χ1) is 12.0. The molecular formula is C18H20FN3O2S. The smallest absolute Gasteiger partial charge is 0.265 e. The van der Waals surface area contributed by atoms with Gasteiger partial charge in [-0.3, -0.25) is 9.59 Å². The fraction of sp³-hybridized carbons (Fsp3) is 0.389. The SMILES string of the molecule is CN(C)C(=O)c1cnc([C@@H]2CCCN2C(=O)Cc2ccc(F)cc2)s1. The third kappa shape index (κ3) is 3.87. The van der Waals surface area contributed by atoms with Gasteiger partial charge < -0.3 is 9.80 Å². The molecule has 1 fully saturated rings. The van der Waals surface area contributed by atoms with Gasteiger partial charge in [0.25, 0.3) is 5.91 Å². The van der Waals surface area contributed by atoms with E-state index >= 15 is 0 Å². The van der Waals surface area contributed by atoms with Crippen LogP contribution >= 0.6 is 11.3 Å². The Kier molecular flexibility index (Phi) is 5.13. The molecule has 7 heteroatoms. The zero-order chi connectivity index (χ0) is 18.0. The lowest BCUT2D eigenvalue weighted by molar-refractivity contribution is -0.131. The van der Waals surface area contributed by atoms with E-state index < -0.39 is 0 Å². The summed E-state index contributed by atoms with van der Waals surface area (Å²) in [4.78, 5) is 33.0. The van der Waals surface area contributed by atoms with Crippen LogP contribution in [0.25, 0.3) is 0 Å². The molecule has 2 amide bonds. The van der Waals surface area contributed by atoms with E-state index in [1.165, 1.54) is 28.4 Å². The zero-order valence-corrected chi connectivity index (χ0v) is 15.1. The highest BCUT2D eigenvalue weighted by atomic mass is 32.1. The lowest BCUT2D eigenvalue weighted by atomic mass is 10.1. The van der Waals surface area contributed by atoms with Gasteiger partial charge in [-0.25, -0.2) is 9.37 Å². The van der Waals surface area contributed by atoms with Crippen molar-refractivity contribution >= 4 is 23.2 Å². The summed E-state index contributed by atoms with van der Waals surface area (Å²) in [5.74, 6) is -0.383. The van der Waals surface area contributed by atoms with Crippen LogP contribution in [0.4, 0.5) is 4.39 Å². The number of amides is 2. The Hall–Kier alpha value is -2.28. The first-order valence-corrected chi connectivity index (χ1v) is 8.98. The van der Waals surface area contributed by atoms with Crippen molar-refractivity contribution in [3.63, 3.8) is 0 Å². The third-order valence-electron chi connectivity index (χ3n) is 4.27. The molecule has 25 heavy (non-hydrogen) atoms. The molecule has 1 aromatic carbocycles. The number of benzene rings is 1. The van der Waals surface area contributed by atoms with Crippen LogP contribution in [0.5, 0.6) is 0 Å². The Balaban J connectivity index is 1.73. The average Bonchev–Trinajstić information content (AvgIpc) is 3.24. The first kappa shape index (κ1) is 17.5. The Bertz CT molecular complexity index is 773. The molecule has 0 unspecified atom stereocenters. The molecule has 0 aliphatic carbocycles. The summed E-state index contributed by atoms with van der Waals surface area (Å²) in [6.07, 6.45) is 3.59. The predicted molar refractivity (Wildman–Crippen MR) is 93.9 cm³/mol. The molecular weight excluding hydrogens is 341 g/mol. The van der Waals surface area contributed by atoms with Crippen LogP contribution in [0, 0.1) is 5.82 Å². The van der Waals surface area contributed by atoms with E-state index in [0.717, 1.165) is 23.4 Å². The first-order valence-electron chi connectivity index (χ1n) is 8.17. The highest BCUT2D eigenvalue weighted by Gasteiger charge is 2.32. The van der Waals surface area contributed by atoms with Crippen molar-refractivity contribution in [2.24, 2.45) is 0 Å². The van der Waals surface area contributed by atoms with E-state index in [4.69, 9.17) is 0 Å². The molecule has 1 aromatic heterocycles. The van der Waals surface area contributed by atoms with Gasteiger partial charge in [-0.2, -0.15) is 0 Å². The summed E-state index contributed by atoms with van der Waals surface area (Å²) in [5, 5.41) is 0.801. The van der Waals surface area contributed by atoms with Crippen molar-refractivity contribution in [2.45, 2.75) is 25.3 Å². The molecule has 1 aliphatic heterocycles. The molecule has 3 rings (SSSR count). The summed E-state index contributed by atoms with van der Waals surface area (Å²) in [7, 11) is 3.41. The summed E-state index contributed by atoms with van der Waals surface area (Å²) in [5.41, 5.74) is 0.791.